The zero-order valence-electron chi connectivity index (χ0n) is 12.0. The fraction of sp³-hybridized carbons (Fsp3) is 1.00. The topological polar surface area (TPSA) is 61.8 Å². The second-order valence-corrected chi connectivity index (χ2v) is 5.53. The normalized spacial score (nSPS) is 16.1. The lowest BCUT2D eigenvalue weighted by molar-refractivity contribution is -0.493. The Hall–Kier alpha value is -1.01. The Morgan fingerprint density at radius 3 is 1.00 bits per heavy atom. The van der Waals surface area contributed by atoms with Crippen molar-refractivity contribution in [3.8, 4) is 0 Å². The highest BCUT2D eigenvalue weighted by atomic mass is 32.3. The van der Waals surface area contributed by atoms with Crippen molar-refractivity contribution in [2.24, 2.45) is 0 Å². The van der Waals surface area contributed by atoms with Crippen LogP contribution in [0.2, 0.25) is 0 Å². The van der Waals surface area contributed by atoms with E-state index in [4.69, 9.17) is 0 Å². The van der Waals surface area contributed by atoms with Crippen molar-refractivity contribution in [2.75, 3.05) is 14.2 Å². The first-order chi connectivity index (χ1) is 11.1. The van der Waals surface area contributed by atoms with E-state index in [0.29, 0.717) is 0 Å². The molecule has 18 heteroatoms. The molecule has 158 valence electrons. The molecule has 0 aromatic heterocycles. The molecule has 0 aliphatic carbocycles. The van der Waals surface area contributed by atoms with E-state index in [1.807, 2.05) is 0 Å². The lowest BCUT2D eigenvalue weighted by Gasteiger charge is -2.49. The summed E-state index contributed by atoms with van der Waals surface area (Å²) in [5.74, 6) is 0. The molecular weight excluding hydrogens is 436 g/mol. The van der Waals surface area contributed by atoms with E-state index in [1.165, 1.54) is 0 Å². The van der Waals surface area contributed by atoms with Crippen LogP contribution in [0.25, 0.3) is 0 Å². The summed E-state index contributed by atoms with van der Waals surface area (Å²) in [6.07, 6.45) is -30.4. The summed E-state index contributed by atoms with van der Waals surface area (Å²) in [5.41, 5.74) is -14.7. The van der Waals surface area contributed by atoms with Crippen molar-refractivity contribution in [3.63, 3.8) is 0 Å². The predicted octanol–water partition coefficient (Wildman–Crippen LogP) is 3.27. The first-order valence-corrected chi connectivity index (χ1v) is 6.74. The highest BCUT2D eigenvalue weighted by Crippen LogP contribution is 2.63. The van der Waals surface area contributed by atoms with E-state index in [0.717, 1.165) is 0 Å². The minimum absolute atomic E-state index is 0.178. The zero-order valence-corrected chi connectivity index (χ0v) is 12.8. The van der Waals surface area contributed by atoms with Crippen molar-refractivity contribution in [2.45, 2.75) is 35.9 Å². The molecule has 0 aromatic carbocycles. The summed E-state index contributed by atoms with van der Waals surface area (Å²) < 4.78 is 186. The van der Waals surface area contributed by atoms with Gasteiger partial charge in [-0.25, -0.2) is 4.18 Å². The molecule has 0 fully saturated rings. The van der Waals surface area contributed by atoms with Gasteiger partial charge in [0, 0.05) is 7.11 Å². The van der Waals surface area contributed by atoms with E-state index in [-0.39, 0.29) is 7.11 Å². The van der Waals surface area contributed by atoms with E-state index in [1.54, 1.807) is 0 Å². The zero-order chi connectivity index (χ0) is 21.6. The number of ether oxygens (including phenoxy) is 1. The van der Waals surface area contributed by atoms with Crippen molar-refractivity contribution in [1.29, 1.82) is 0 Å². The molecule has 0 atom stereocenters. The van der Waals surface area contributed by atoms with E-state index < -0.39 is 53.4 Å². The quantitative estimate of drug-likeness (QED) is 0.612. The first kappa shape index (κ1) is 25.0. The SMILES string of the molecule is COC(C(F)(F)F)(C(F)(F)F)C(OS(=O)(=O)OC)(C(F)(F)F)C(F)(F)F. The lowest BCUT2D eigenvalue weighted by atomic mass is 9.79. The molecule has 0 rings (SSSR count). The van der Waals surface area contributed by atoms with Crippen molar-refractivity contribution < 1.29 is 74.2 Å². The number of rotatable bonds is 5. The second-order valence-electron chi connectivity index (χ2n) is 4.22. The number of halogens is 12. The first-order valence-electron chi connectivity index (χ1n) is 5.41. The molecule has 0 aliphatic heterocycles. The van der Waals surface area contributed by atoms with E-state index in [2.05, 4.69) is 13.1 Å². The van der Waals surface area contributed by atoms with Gasteiger partial charge in [-0.05, 0) is 0 Å². The minimum atomic E-state index is -7.67. The molecule has 0 radical (unpaired) electrons. The van der Waals surface area contributed by atoms with Crippen LogP contribution in [0.5, 0.6) is 0 Å². The van der Waals surface area contributed by atoms with Gasteiger partial charge in [-0.15, -0.1) is 0 Å². The Bertz CT molecular complexity index is 569. The van der Waals surface area contributed by atoms with Crippen molar-refractivity contribution in [1.82, 2.24) is 0 Å². The van der Waals surface area contributed by atoms with Gasteiger partial charge in [0.05, 0.1) is 7.11 Å². The third-order valence-corrected chi connectivity index (χ3v) is 3.69. The molecule has 26 heavy (non-hydrogen) atoms. The summed E-state index contributed by atoms with van der Waals surface area (Å²) in [5, 5.41) is 0. The summed E-state index contributed by atoms with van der Waals surface area (Å²) >= 11 is 0. The second kappa shape index (κ2) is 6.55. The molecule has 0 heterocycles. The van der Waals surface area contributed by atoms with Gasteiger partial charge in [-0.1, -0.05) is 0 Å². The van der Waals surface area contributed by atoms with Gasteiger partial charge in [-0.3, -0.25) is 4.18 Å². The number of hydrogen-bond donors (Lipinski definition) is 0. The molecule has 0 saturated carbocycles. The third-order valence-electron chi connectivity index (χ3n) is 2.83. The fourth-order valence-electron chi connectivity index (χ4n) is 1.84. The van der Waals surface area contributed by atoms with Gasteiger partial charge in [0.2, 0.25) is 0 Å². The van der Waals surface area contributed by atoms with Crippen molar-refractivity contribution in [3.05, 3.63) is 0 Å². The van der Waals surface area contributed by atoms with Crippen LogP contribution in [-0.2, 0) is 23.5 Å². The fourth-order valence-corrected chi connectivity index (χ4v) is 2.52. The molecule has 0 amide bonds. The Labute approximate surface area is 136 Å². The summed E-state index contributed by atoms with van der Waals surface area (Å²) in [7, 11) is -7.65. The highest BCUT2D eigenvalue weighted by Gasteiger charge is 2.97. The number of methoxy groups -OCH3 is 1. The Balaban J connectivity index is 7.64. The molecule has 0 bridgehead atoms. The van der Waals surface area contributed by atoms with Crippen LogP contribution in [0.3, 0.4) is 0 Å². The number of alkyl halides is 12. The average Bonchev–Trinajstić information content (AvgIpc) is 2.32. The third kappa shape index (κ3) is 3.55. The molecule has 0 aromatic rings. The summed E-state index contributed by atoms with van der Waals surface area (Å²) in [4.78, 5) is 0. The van der Waals surface area contributed by atoms with Crippen LogP contribution in [-0.4, -0.2) is 58.5 Å². The summed E-state index contributed by atoms with van der Waals surface area (Å²) in [6, 6.07) is 0. The van der Waals surface area contributed by atoms with Gasteiger partial charge in [0.25, 0.3) is 0 Å². The van der Waals surface area contributed by atoms with Crippen LogP contribution < -0.4 is 0 Å². The van der Waals surface area contributed by atoms with Gasteiger partial charge < -0.3 is 4.74 Å². The van der Waals surface area contributed by atoms with Crippen LogP contribution >= 0.6 is 0 Å². The Morgan fingerprint density at radius 1 is 0.577 bits per heavy atom. The number of hydrogen-bond acceptors (Lipinski definition) is 5. The van der Waals surface area contributed by atoms with Gasteiger partial charge in [0.15, 0.2) is 0 Å². The molecule has 0 unspecified atom stereocenters. The lowest BCUT2D eigenvalue weighted by Crippen LogP contribution is -2.82. The van der Waals surface area contributed by atoms with Gasteiger partial charge >= 0.3 is 46.3 Å². The average molecular weight is 442 g/mol. The smallest absolute Gasteiger partial charge is 0.359 e. The highest BCUT2D eigenvalue weighted by molar-refractivity contribution is 7.81. The molecular formula is C8H6F12O5S. The van der Waals surface area contributed by atoms with E-state index >= 15 is 0 Å². The maximum atomic E-state index is 13.0. The largest absolute Gasteiger partial charge is 0.431 e. The minimum Gasteiger partial charge on any atom is -0.359 e. The molecule has 0 aliphatic rings. The van der Waals surface area contributed by atoms with Crippen LogP contribution in [0, 0.1) is 0 Å². The summed E-state index contributed by atoms with van der Waals surface area (Å²) in [6.45, 7) is 0. The van der Waals surface area contributed by atoms with Gasteiger partial charge in [0.1, 0.15) is 0 Å². The monoisotopic (exact) mass is 442 g/mol. The van der Waals surface area contributed by atoms with Crippen molar-refractivity contribution >= 4 is 10.4 Å². The Morgan fingerprint density at radius 2 is 0.846 bits per heavy atom. The van der Waals surface area contributed by atoms with Crippen LogP contribution in [0.4, 0.5) is 52.7 Å². The van der Waals surface area contributed by atoms with Crippen LogP contribution in [0.15, 0.2) is 0 Å². The standard InChI is InChI=1S/C8H6F12O5S/c1-23-3(5(9,10)11,6(12,13)14)4(7(15,16)17,8(18,19)20)25-26(21,22)24-2/h1-2H3. The maximum absolute atomic E-state index is 13.0. The Kier molecular flexibility index (Phi) is 6.30. The maximum Gasteiger partial charge on any atom is 0.431 e. The van der Waals surface area contributed by atoms with Crippen LogP contribution in [0.1, 0.15) is 0 Å². The predicted molar refractivity (Wildman–Crippen MR) is 53.7 cm³/mol. The molecule has 0 spiro atoms. The molecule has 0 N–H and O–H groups in total. The van der Waals surface area contributed by atoms with E-state index in [9.17, 15) is 61.1 Å². The molecule has 0 saturated heterocycles. The van der Waals surface area contributed by atoms with Gasteiger partial charge in [-0.2, -0.15) is 61.1 Å². The molecule has 5 nitrogen and oxygen atoms in total.